The van der Waals surface area contributed by atoms with Gasteiger partial charge in [-0.05, 0) is 30.3 Å². The fourth-order valence-corrected chi connectivity index (χ4v) is 2.41. The lowest BCUT2D eigenvalue weighted by molar-refractivity contribution is 0.0977. The van der Waals surface area contributed by atoms with Gasteiger partial charge in [-0.3, -0.25) is 4.79 Å². The zero-order valence-corrected chi connectivity index (χ0v) is 14.0. The van der Waals surface area contributed by atoms with Crippen molar-refractivity contribution in [2.75, 3.05) is 6.26 Å². The fourth-order valence-electron chi connectivity index (χ4n) is 1.97. The Labute approximate surface area is 146 Å². The molecule has 10 heteroatoms. The van der Waals surface area contributed by atoms with Crippen molar-refractivity contribution < 1.29 is 31.1 Å². The number of hydrogen-bond donors (Lipinski definition) is 1. The van der Waals surface area contributed by atoms with Crippen LogP contribution in [0.3, 0.4) is 0 Å². The Bertz CT molecular complexity index is 1020. The van der Waals surface area contributed by atoms with Gasteiger partial charge in [-0.15, -0.1) is 0 Å². The van der Waals surface area contributed by atoms with E-state index < -0.39 is 45.6 Å². The number of nitriles is 1. The van der Waals surface area contributed by atoms with Gasteiger partial charge in [0.2, 0.25) is 10.0 Å². The van der Waals surface area contributed by atoms with Crippen molar-refractivity contribution in [1.29, 1.82) is 5.26 Å². The van der Waals surface area contributed by atoms with Crippen LogP contribution >= 0.6 is 0 Å². The second-order valence-electron chi connectivity index (χ2n) is 5.17. The summed E-state index contributed by atoms with van der Waals surface area (Å²) >= 11 is 0. The highest BCUT2D eigenvalue weighted by Crippen LogP contribution is 2.22. The number of carbonyl (C=O) groups excluding carboxylic acids is 1. The molecule has 0 saturated carbocycles. The molecule has 0 aliphatic rings. The highest BCUT2D eigenvalue weighted by molar-refractivity contribution is 7.89. The van der Waals surface area contributed by atoms with Gasteiger partial charge in [-0.2, -0.15) is 5.26 Å². The molecule has 2 rings (SSSR count). The van der Waals surface area contributed by atoms with Crippen molar-refractivity contribution >= 4 is 15.9 Å². The molecule has 26 heavy (non-hydrogen) atoms. The maximum absolute atomic E-state index is 14.1. The predicted octanol–water partition coefficient (Wildman–Crippen LogP) is 2.24. The molecular weight excluding hydrogens is 373 g/mol. The Morgan fingerprint density at radius 2 is 1.88 bits per heavy atom. The Hall–Kier alpha value is -3.06. The first-order valence-electron chi connectivity index (χ1n) is 6.93. The van der Waals surface area contributed by atoms with Gasteiger partial charge in [0.1, 0.15) is 35.9 Å². The standard InChI is InChI=1S/C16H11F3N2O4S/c1-26(23,24)21-16(22)12-6-13(18)10(5-14(12)19)8-25-15-3-2-11(17)4-9(15)7-20/h2-6H,8H2,1H3,(H,21,22). The zero-order valence-electron chi connectivity index (χ0n) is 13.2. The Morgan fingerprint density at radius 1 is 1.19 bits per heavy atom. The van der Waals surface area contributed by atoms with E-state index in [1.54, 1.807) is 6.07 Å². The number of benzene rings is 2. The molecule has 0 aliphatic heterocycles. The summed E-state index contributed by atoms with van der Waals surface area (Å²) in [4.78, 5) is 11.6. The van der Waals surface area contributed by atoms with E-state index in [4.69, 9.17) is 10.00 Å². The average Bonchev–Trinajstić information content (AvgIpc) is 2.54. The third-order valence-electron chi connectivity index (χ3n) is 3.10. The lowest BCUT2D eigenvalue weighted by atomic mass is 10.1. The molecule has 0 saturated heterocycles. The second kappa shape index (κ2) is 7.45. The topological polar surface area (TPSA) is 96.3 Å². The molecule has 0 atom stereocenters. The summed E-state index contributed by atoms with van der Waals surface area (Å²) in [5, 5.41) is 8.90. The SMILES string of the molecule is CS(=O)(=O)NC(=O)c1cc(F)c(COc2ccc(F)cc2C#N)cc1F. The summed E-state index contributed by atoms with van der Waals surface area (Å²) in [6.07, 6.45) is 0.691. The zero-order chi connectivity index (χ0) is 19.5. The van der Waals surface area contributed by atoms with Crippen molar-refractivity contribution in [1.82, 2.24) is 4.72 Å². The summed E-state index contributed by atoms with van der Waals surface area (Å²) in [5.74, 6) is -4.20. The minimum Gasteiger partial charge on any atom is -0.487 e. The van der Waals surface area contributed by atoms with Gasteiger partial charge < -0.3 is 4.74 Å². The van der Waals surface area contributed by atoms with E-state index in [-0.39, 0.29) is 16.9 Å². The van der Waals surface area contributed by atoms with Crippen molar-refractivity contribution in [2.24, 2.45) is 0 Å². The highest BCUT2D eigenvalue weighted by Gasteiger charge is 2.19. The van der Waals surface area contributed by atoms with Crippen molar-refractivity contribution in [3.8, 4) is 11.8 Å². The van der Waals surface area contributed by atoms with Crippen molar-refractivity contribution in [3.05, 3.63) is 64.5 Å². The number of ether oxygens (including phenoxy) is 1. The van der Waals surface area contributed by atoms with E-state index in [2.05, 4.69) is 0 Å². The van der Waals surface area contributed by atoms with Gasteiger partial charge in [0, 0.05) is 5.56 Å². The molecular formula is C16H11F3N2O4S. The molecule has 0 radical (unpaired) electrons. The molecule has 0 aliphatic carbocycles. The Balaban J connectivity index is 2.23. The number of amides is 1. The van der Waals surface area contributed by atoms with Gasteiger partial charge >= 0.3 is 0 Å². The number of halogens is 3. The molecule has 2 aromatic carbocycles. The van der Waals surface area contributed by atoms with Gasteiger partial charge in [-0.25, -0.2) is 26.3 Å². The summed E-state index contributed by atoms with van der Waals surface area (Å²) in [6.45, 7) is -0.503. The van der Waals surface area contributed by atoms with Crippen molar-refractivity contribution in [2.45, 2.75) is 6.61 Å². The largest absolute Gasteiger partial charge is 0.487 e. The number of carbonyl (C=O) groups is 1. The summed E-state index contributed by atoms with van der Waals surface area (Å²) in [6, 6.07) is 6.02. The van der Waals surface area contributed by atoms with E-state index in [0.29, 0.717) is 18.4 Å². The number of nitrogens with one attached hydrogen (secondary N) is 1. The van der Waals surface area contributed by atoms with E-state index in [0.717, 1.165) is 18.2 Å². The van der Waals surface area contributed by atoms with Crippen molar-refractivity contribution in [3.63, 3.8) is 0 Å². The molecule has 1 amide bonds. The van der Waals surface area contributed by atoms with Gasteiger partial charge in [0.25, 0.3) is 5.91 Å². The van der Waals surface area contributed by atoms with Crippen LogP contribution in [0.4, 0.5) is 13.2 Å². The molecule has 0 unspecified atom stereocenters. The lowest BCUT2D eigenvalue weighted by Crippen LogP contribution is -2.30. The third-order valence-corrected chi connectivity index (χ3v) is 3.66. The predicted molar refractivity (Wildman–Crippen MR) is 84.1 cm³/mol. The van der Waals surface area contributed by atoms with Gasteiger partial charge in [0.05, 0.1) is 17.4 Å². The van der Waals surface area contributed by atoms with Crippen LogP contribution in [0.2, 0.25) is 0 Å². The summed E-state index contributed by atoms with van der Waals surface area (Å²) in [5.41, 5.74) is -1.21. The van der Waals surface area contributed by atoms with Gasteiger partial charge in [-0.1, -0.05) is 0 Å². The number of hydrogen-bond acceptors (Lipinski definition) is 5. The fraction of sp³-hybridized carbons (Fsp3) is 0.125. The monoisotopic (exact) mass is 384 g/mol. The molecule has 0 bridgehead atoms. The lowest BCUT2D eigenvalue weighted by Gasteiger charge is -2.11. The molecule has 0 fully saturated rings. The molecule has 136 valence electrons. The molecule has 0 spiro atoms. The number of rotatable bonds is 5. The van der Waals surface area contributed by atoms with E-state index in [9.17, 15) is 26.4 Å². The summed E-state index contributed by atoms with van der Waals surface area (Å²) < 4.78 is 69.8. The molecule has 2 aromatic rings. The third kappa shape index (κ3) is 4.73. The van der Waals surface area contributed by atoms with Crippen LogP contribution in [-0.2, 0) is 16.6 Å². The smallest absolute Gasteiger partial charge is 0.267 e. The molecule has 6 nitrogen and oxygen atoms in total. The van der Waals surface area contributed by atoms with E-state index in [1.165, 1.54) is 4.72 Å². The average molecular weight is 384 g/mol. The van der Waals surface area contributed by atoms with Crippen LogP contribution in [0.15, 0.2) is 30.3 Å². The van der Waals surface area contributed by atoms with E-state index in [1.807, 2.05) is 0 Å². The first-order valence-corrected chi connectivity index (χ1v) is 8.82. The van der Waals surface area contributed by atoms with Gasteiger partial charge in [0.15, 0.2) is 0 Å². The maximum atomic E-state index is 14.1. The van der Waals surface area contributed by atoms with Crippen LogP contribution in [0.25, 0.3) is 0 Å². The summed E-state index contributed by atoms with van der Waals surface area (Å²) in [7, 11) is -3.94. The number of sulfonamides is 1. The number of nitrogens with zero attached hydrogens (tertiary/aromatic N) is 1. The minimum atomic E-state index is -3.94. The maximum Gasteiger partial charge on any atom is 0.267 e. The molecule has 1 N–H and O–H groups in total. The van der Waals surface area contributed by atoms with Crippen LogP contribution < -0.4 is 9.46 Å². The Morgan fingerprint density at radius 3 is 2.50 bits per heavy atom. The first kappa shape index (κ1) is 19.3. The van der Waals surface area contributed by atoms with Crippen LogP contribution in [-0.4, -0.2) is 20.6 Å². The second-order valence-corrected chi connectivity index (χ2v) is 6.92. The van der Waals surface area contributed by atoms with Crippen LogP contribution in [0, 0.1) is 28.8 Å². The molecule has 0 heterocycles. The minimum absolute atomic E-state index is 0.0346. The normalized spacial score (nSPS) is 10.9. The van der Waals surface area contributed by atoms with Crippen LogP contribution in [0.5, 0.6) is 5.75 Å². The Kier molecular flexibility index (Phi) is 5.52. The van der Waals surface area contributed by atoms with Crippen LogP contribution in [0.1, 0.15) is 21.5 Å². The quantitative estimate of drug-likeness (QED) is 0.853. The first-order chi connectivity index (χ1) is 12.1. The molecule has 0 aromatic heterocycles. The highest BCUT2D eigenvalue weighted by atomic mass is 32.2. The van der Waals surface area contributed by atoms with E-state index >= 15 is 0 Å².